The van der Waals surface area contributed by atoms with Crippen molar-refractivity contribution in [2.24, 2.45) is 0 Å². The van der Waals surface area contributed by atoms with Gasteiger partial charge in [-0.1, -0.05) is 78.1 Å². The quantitative estimate of drug-likeness (QED) is 0.576. The molecule has 0 unspecified atom stereocenters. The van der Waals surface area contributed by atoms with E-state index in [4.69, 9.17) is 0 Å². The van der Waals surface area contributed by atoms with Crippen molar-refractivity contribution < 1.29 is 0 Å². The van der Waals surface area contributed by atoms with Crippen LogP contribution in [-0.2, 0) is 6.42 Å². The normalized spacial score (nSPS) is 8.19. The lowest BCUT2D eigenvalue weighted by Gasteiger charge is -2.02. The zero-order valence-corrected chi connectivity index (χ0v) is 9.25. The molecule has 0 bridgehead atoms. The summed E-state index contributed by atoms with van der Waals surface area (Å²) in [5.74, 6) is 0. The van der Waals surface area contributed by atoms with Crippen molar-refractivity contribution in [1.82, 2.24) is 0 Å². The topological polar surface area (TPSA) is 0 Å². The van der Waals surface area contributed by atoms with Gasteiger partial charge in [-0.25, -0.2) is 0 Å². The van der Waals surface area contributed by atoms with Crippen LogP contribution in [0.15, 0.2) is 42.5 Å². The van der Waals surface area contributed by atoms with Gasteiger partial charge in [-0.15, -0.1) is 0 Å². The smallest absolute Gasteiger partial charge is 0.0152 e. The third-order valence-electron chi connectivity index (χ3n) is 2.26. The van der Waals surface area contributed by atoms with E-state index in [2.05, 4.69) is 49.4 Å². The average Bonchev–Trinajstić information content (AvgIpc) is 2.31. The number of hydrogen-bond donors (Lipinski definition) is 0. The van der Waals surface area contributed by atoms with E-state index in [9.17, 15) is 0 Å². The molecule has 0 aliphatic carbocycles. The molecule has 16 heavy (non-hydrogen) atoms. The van der Waals surface area contributed by atoms with E-state index in [-0.39, 0.29) is 14.9 Å². The highest BCUT2D eigenvalue weighted by Crippen LogP contribution is 2.18. The lowest BCUT2D eigenvalue weighted by atomic mass is 10.0. The monoisotopic (exact) mass is 218 g/mol. The largest absolute Gasteiger partial charge is 0.0776 e. The van der Waals surface area contributed by atoms with Crippen LogP contribution in [0.1, 0.15) is 41.2 Å². The second-order valence-corrected chi connectivity index (χ2v) is 2.99. The number of fused-ring (bicyclic) bond motifs is 1. The van der Waals surface area contributed by atoms with Crippen molar-refractivity contribution in [3.05, 3.63) is 48.0 Å². The van der Waals surface area contributed by atoms with Gasteiger partial charge in [-0.2, -0.15) is 0 Å². The van der Waals surface area contributed by atoms with Gasteiger partial charge in [0.05, 0.1) is 0 Å². The highest BCUT2D eigenvalue weighted by molar-refractivity contribution is 5.85. The van der Waals surface area contributed by atoms with Crippen LogP contribution < -0.4 is 0 Å². The Morgan fingerprint density at radius 2 is 1.38 bits per heavy atom. The zero-order chi connectivity index (χ0) is 10.4. The second-order valence-electron chi connectivity index (χ2n) is 2.99. The molecule has 0 saturated carbocycles. The fraction of sp³-hybridized carbons (Fsp3) is 0.375. The Bertz CT molecular complexity index is 383. The second kappa shape index (κ2) is 8.96. The van der Waals surface area contributed by atoms with Crippen molar-refractivity contribution in [2.75, 3.05) is 0 Å². The van der Waals surface area contributed by atoms with Gasteiger partial charge in [0.2, 0.25) is 0 Å². The molecule has 0 aliphatic heterocycles. The first kappa shape index (κ1) is 17.1. The maximum Gasteiger partial charge on any atom is -0.0152 e. The van der Waals surface area contributed by atoms with Crippen molar-refractivity contribution in [1.29, 1.82) is 0 Å². The predicted octanol–water partition coefficient (Wildman–Crippen LogP) is 5.70. The molecule has 0 saturated heterocycles. The molecule has 0 atom stereocenters. The summed E-state index contributed by atoms with van der Waals surface area (Å²) in [6, 6.07) is 15.0. The van der Waals surface area contributed by atoms with E-state index >= 15 is 0 Å². The number of benzene rings is 2. The minimum atomic E-state index is 0. The average molecular weight is 218 g/mol. The van der Waals surface area contributed by atoms with E-state index in [0.29, 0.717) is 0 Å². The summed E-state index contributed by atoms with van der Waals surface area (Å²) in [4.78, 5) is 0. The first-order chi connectivity index (χ1) is 6.92. The highest BCUT2D eigenvalue weighted by Gasteiger charge is 1.95. The minimum Gasteiger partial charge on any atom is -0.0776 e. The van der Waals surface area contributed by atoms with Gasteiger partial charge in [0, 0.05) is 0 Å². The summed E-state index contributed by atoms with van der Waals surface area (Å²) in [6.07, 6.45) is 1.11. The van der Waals surface area contributed by atoms with Gasteiger partial charge in [-0.05, 0) is 22.8 Å². The molecule has 0 amide bonds. The molecule has 90 valence electrons. The van der Waals surface area contributed by atoms with Crippen molar-refractivity contribution >= 4 is 10.8 Å². The first-order valence-electron chi connectivity index (χ1n) is 5.38. The Morgan fingerprint density at radius 1 is 0.812 bits per heavy atom. The number of rotatable bonds is 1. The summed E-state index contributed by atoms with van der Waals surface area (Å²) < 4.78 is 0. The molecule has 0 aliphatic rings. The van der Waals surface area contributed by atoms with Gasteiger partial charge in [0.1, 0.15) is 0 Å². The van der Waals surface area contributed by atoms with Crippen molar-refractivity contribution in [3.63, 3.8) is 0 Å². The lowest BCUT2D eigenvalue weighted by Crippen LogP contribution is -1.81. The summed E-state index contributed by atoms with van der Waals surface area (Å²) in [6.45, 7) is 6.20. The van der Waals surface area contributed by atoms with Crippen LogP contribution in [0.25, 0.3) is 10.8 Å². The number of aryl methyl sites for hydroxylation is 1. The Kier molecular flexibility index (Phi) is 9.58. The maximum absolute atomic E-state index is 2.20. The van der Waals surface area contributed by atoms with Gasteiger partial charge < -0.3 is 0 Å². The molecule has 0 heteroatoms. The molecule has 2 rings (SSSR count). The molecule has 0 fully saturated rings. The fourth-order valence-electron chi connectivity index (χ4n) is 1.60. The molecule has 2 aromatic carbocycles. The van der Waals surface area contributed by atoms with Crippen LogP contribution in [0.4, 0.5) is 0 Å². The fourth-order valence-corrected chi connectivity index (χ4v) is 1.60. The van der Waals surface area contributed by atoms with Gasteiger partial charge in [0.25, 0.3) is 0 Å². The Balaban J connectivity index is 0. The van der Waals surface area contributed by atoms with Crippen LogP contribution >= 0.6 is 0 Å². The Labute approximate surface area is 101 Å². The standard InChI is InChI=1S/C12H12.C2H6.2CH4/c1-2-10-7-5-8-11-6-3-4-9-12(10)11;1-2;;/h3-9H,2H2,1H3;1-2H3;2*1H4. The minimum absolute atomic E-state index is 0. The van der Waals surface area contributed by atoms with E-state index in [1.165, 1.54) is 16.3 Å². The maximum atomic E-state index is 2.20. The molecular weight excluding hydrogens is 192 g/mol. The summed E-state index contributed by atoms with van der Waals surface area (Å²) in [7, 11) is 0. The Morgan fingerprint density at radius 3 is 2.00 bits per heavy atom. The molecule has 0 aromatic heterocycles. The Hall–Kier alpha value is -1.30. The van der Waals surface area contributed by atoms with Crippen molar-refractivity contribution in [3.8, 4) is 0 Å². The first-order valence-corrected chi connectivity index (χ1v) is 5.38. The lowest BCUT2D eigenvalue weighted by molar-refractivity contribution is 1.16. The van der Waals surface area contributed by atoms with Crippen LogP contribution in [0.5, 0.6) is 0 Å². The zero-order valence-electron chi connectivity index (χ0n) is 9.25. The van der Waals surface area contributed by atoms with E-state index < -0.39 is 0 Å². The third kappa shape index (κ3) is 3.69. The van der Waals surface area contributed by atoms with Crippen LogP contribution in [-0.4, -0.2) is 0 Å². The van der Waals surface area contributed by atoms with Crippen LogP contribution in [0.3, 0.4) is 0 Å². The predicted molar refractivity (Wildman–Crippen MR) is 78.1 cm³/mol. The van der Waals surface area contributed by atoms with Gasteiger partial charge in [-0.3, -0.25) is 0 Å². The van der Waals surface area contributed by atoms with Gasteiger partial charge in [0.15, 0.2) is 0 Å². The molecular formula is C16H26. The molecule has 0 spiro atoms. The van der Waals surface area contributed by atoms with Crippen molar-refractivity contribution in [2.45, 2.75) is 42.0 Å². The molecule has 0 nitrogen and oxygen atoms in total. The SMILES string of the molecule is C.C.CC.CCc1cccc2ccccc12. The number of hydrogen-bond acceptors (Lipinski definition) is 0. The summed E-state index contributed by atoms with van der Waals surface area (Å²) in [5.41, 5.74) is 1.44. The van der Waals surface area contributed by atoms with Gasteiger partial charge >= 0.3 is 0 Å². The van der Waals surface area contributed by atoms with Crippen LogP contribution in [0.2, 0.25) is 0 Å². The van der Waals surface area contributed by atoms with Crippen LogP contribution in [0, 0.1) is 0 Å². The molecule has 0 N–H and O–H groups in total. The molecule has 0 radical (unpaired) electrons. The summed E-state index contributed by atoms with van der Waals surface area (Å²) >= 11 is 0. The molecule has 0 heterocycles. The van der Waals surface area contributed by atoms with E-state index in [1.54, 1.807) is 0 Å². The molecule has 2 aromatic rings. The van der Waals surface area contributed by atoms with E-state index in [0.717, 1.165) is 6.42 Å². The van der Waals surface area contributed by atoms with E-state index in [1.807, 2.05) is 13.8 Å². The third-order valence-corrected chi connectivity index (χ3v) is 2.26. The summed E-state index contributed by atoms with van der Waals surface area (Å²) in [5, 5.41) is 2.74. The highest BCUT2D eigenvalue weighted by atomic mass is 14.0.